The molecule has 1 aromatic heterocycles. The second-order valence-electron chi connectivity index (χ2n) is 4.38. The van der Waals surface area contributed by atoms with Crippen molar-refractivity contribution in [3.05, 3.63) is 35.1 Å². The third kappa shape index (κ3) is 3.30. The average Bonchev–Trinajstić information content (AvgIpc) is 2.81. The van der Waals surface area contributed by atoms with E-state index in [1.54, 1.807) is 23.7 Å². The van der Waals surface area contributed by atoms with Crippen molar-refractivity contribution in [3.8, 4) is 5.75 Å². The number of hydrogen-bond acceptors (Lipinski definition) is 4. The lowest BCUT2D eigenvalue weighted by Crippen LogP contribution is -2.14. The Hall–Kier alpha value is -1.73. The molecular formula is C13H16ClN3O3S. The molecule has 21 heavy (non-hydrogen) atoms. The average molecular weight is 330 g/mol. The number of methoxy groups -OCH3 is 1. The second-order valence-corrected chi connectivity index (χ2v) is 6.47. The van der Waals surface area contributed by atoms with Gasteiger partial charge in [0, 0.05) is 17.8 Å². The molecule has 0 spiro atoms. The number of aromatic nitrogens is 2. The van der Waals surface area contributed by atoms with Crippen LogP contribution >= 0.6 is 11.6 Å². The molecule has 0 unspecified atom stereocenters. The Bertz CT molecular complexity index is 756. The first-order valence-electron chi connectivity index (χ1n) is 6.27. The smallest absolute Gasteiger partial charge is 0.265 e. The number of halogens is 1. The molecule has 8 heteroatoms. The standard InChI is InChI=1S/C13H16ClN3O3S/c1-4-17-8-13(9(2)15-17)21(18,19)16-11-7-10(14)5-6-12(11)20-3/h5-8,16H,4H2,1-3H3. The van der Waals surface area contributed by atoms with E-state index in [2.05, 4.69) is 9.82 Å². The van der Waals surface area contributed by atoms with Gasteiger partial charge in [0.1, 0.15) is 10.6 Å². The fraction of sp³-hybridized carbons (Fsp3) is 0.308. The summed E-state index contributed by atoms with van der Waals surface area (Å²) in [6.45, 7) is 4.13. The van der Waals surface area contributed by atoms with E-state index in [1.165, 1.54) is 19.4 Å². The summed E-state index contributed by atoms with van der Waals surface area (Å²) < 4.78 is 34.1. The van der Waals surface area contributed by atoms with Gasteiger partial charge < -0.3 is 4.74 Å². The first-order valence-corrected chi connectivity index (χ1v) is 8.14. The molecule has 1 aromatic carbocycles. The molecule has 0 bridgehead atoms. The van der Waals surface area contributed by atoms with Crippen LogP contribution in [0.3, 0.4) is 0 Å². The number of sulfonamides is 1. The molecule has 1 N–H and O–H groups in total. The van der Waals surface area contributed by atoms with Gasteiger partial charge in [0.25, 0.3) is 10.0 Å². The van der Waals surface area contributed by atoms with Crippen molar-refractivity contribution < 1.29 is 13.2 Å². The molecule has 1 heterocycles. The number of rotatable bonds is 5. The van der Waals surface area contributed by atoms with Crippen LogP contribution in [0.2, 0.25) is 5.02 Å². The zero-order valence-electron chi connectivity index (χ0n) is 11.9. The Labute approximate surface area is 128 Å². The van der Waals surface area contributed by atoms with Gasteiger partial charge in [-0.05, 0) is 32.0 Å². The van der Waals surface area contributed by atoms with Gasteiger partial charge in [-0.25, -0.2) is 8.42 Å². The monoisotopic (exact) mass is 329 g/mol. The van der Waals surface area contributed by atoms with Gasteiger partial charge in [-0.15, -0.1) is 0 Å². The maximum Gasteiger partial charge on any atom is 0.265 e. The summed E-state index contributed by atoms with van der Waals surface area (Å²) in [6, 6.07) is 4.72. The molecule has 6 nitrogen and oxygen atoms in total. The van der Waals surface area contributed by atoms with Crippen LogP contribution < -0.4 is 9.46 Å². The Kier molecular flexibility index (Phi) is 4.43. The Morgan fingerprint density at radius 1 is 1.43 bits per heavy atom. The van der Waals surface area contributed by atoms with E-state index in [0.717, 1.165) is 0 Å². The number of hydrogen-bond donors (Lipinski definition) is 1. The first-order chi connectivity index (χ1) is 9.87. The first kappa shape index (κ1) is 15.7. The Balaban J connectivity index is 2.41. The quantitative estimate of drug-likeness (QED) is 0.915. The number of benzene rings is 1. The normalized spacial score (nSPS) is 11.4. The van der Waals surface area contributed by atoms with Crippen LogP contribution in [0.1, 0.15) is 12.6 Å². The maximum atomic E-state index is 12.5. The molecular weight excluding hydrogens is 314 g/mol. The Morgan fingerprint density at radius 2 is 2.14 bits per heavy atom. The van der Waals surface area contributed by atoms with E-state index in [-0.39, 0.29) is 10.6 Å². The largest absolute Gasteiger partial charge is 0.495 e. The van der Waals surface area contributed by atoms with Gasteiger partial charge in [-0.3, -0.25) is 9.40 Å². The molecule has 0 saturated heterocycles. The highest BCUT2D eigenvalue weighted by Gasteiger charge is 2.21. The van der Waals surface area contributed by atoms with Gasteiger partial charge in [-0.1, -0.05) is 11.6 Å². The van der Waals surface area contributed by atoms with E-state index in [1.807, 2.05) is 6.92 Å². The minimum absolute atomic E-state index is 0.131. The summed E-state index contributed by atoms with van der Waals surface area (Å²) in [7, 11) is -2.29. The van der Waals surface area contributed by atoms with Crippen molar-refractivity contribution in [1.29, 1.82) is 0 Å². The molecule has 0 saturated carbocycles. The third-order valence-corrected chi connectivity index (χ3v) is 4.62. The molecule has 0 aliphatic carbocycles. The van der Waals surface area contributed by atoms with Gasteiger partial charge in [-0.2, -0.15) is 5.10 Å². The summed E-state index contributed by atoms with van der Waals surface area (Å²) in [5, 5.41) is 4.55. The van der Waals surface area contributed by atoms with Gasteiger partial charge >= 0.3 is 0 Å². The lowest BCUT2D eigenvalue weighted by molar-refractivity contribution is 0.417. The van der Waals surface area contributed by atoms with Gasteiger partial charge in [0.2, 0.25) is 0 Å². The molecule has 2 rings (SSSR count). The summed E-state index contributed by atoms with van der Waals surface area (Å²) in [4.78, 5) is 0.131. The van der Waals surface area contributed by atoms with Crippen LogP contribution in [0, 0.1) is 6.92 Å². The summed E-state index contributed by atoms with van der Waals surface area (Å²) in [5.41, 5.74) is 0.721. The molecule has 2 aromatic rings. The molecule has 0 aliphatic rings. The van der Waals surface area contributed by atoms with Crippen LogP contribution in [-0.4, -0.2) is 25.3 Å². The summed E-state index contributed by atoms with van der Waals surface area (Å²) >= 11 is 5.90. The molecule has 0 amide bonds. The fourth-order valence-electron chi connectivity index (χ4n) is 1.89. The second kappa shape index (κ2) is 5.95. The minimum Gasteiger partial charge on any atom is -0.495 e. The molecule has 0 atom stereocenters. The predicted molar refractivity (Wildman–Crippen MR) is 81.5 cm³/mol. The van der Waals surface area contributed by atoms with Gasteiger partial charge in [0.05, 0.1) is 18.5 Å². The van der Waals surface area contributed by atoms with Crippen molar-refractivity contribution >= 4 is 27.3 Å². The molecule has 114 valence electrons. The summed E-state index contributed by atoms with van der Waals surface area (Å²) in [6.07, 6.45) is 1.49. The molecule has 0 aliphatic heterocycles. The highest BCUT2D eigenvalue weighted by Crippen LogP contribution is 2.30. The number of aryl methyl sites for hydroxylation is 2. The van der Waals surface area contributed by atoms with E-state index in [9.17, 15) is 8.42 Å². The zero-order chi connectivity index (χ0) is 15.6. The van der Waals surface area contributed by atoms with E-state index in [0.29, 0.717) is 23.0 Å². The van der Waals surface area contributed by atoms with E-state index < -0.39 is 10.0 Å². The van der Waals surface area contributed by atoms with Crippen LogP contribution in [0.25, 0.3) is 0 Å². The molecule has 0 fully saturated rings. The summed E-state index contributed by atoms with van der Waals surface area (Å²) in [5.74, 6) is 0.392. The van der Waals surface area contributed by atoms with Crippen molar-refractivity contribution in [2.75, 3.05) is 11.8 Å². The number of nitrogens with zero attached hydrogens (tertiary/aromatic N) is 2. The van der Waals surface area contributed by atoms with E-state index in [4.69, 9.17) is 16.3 Å². The fourth-order valence-corrected chi connectivity index (χ4v) is 3.31. The predicted octanol–water partition coefficient (Wildman–Crippen LogP) is 2.67. The Morgan fingerprint density at radius 3 is 2.71 bits per heavy atom. The lowest BCUT2D eigenvalue weighted by Gasteiger charge is -2.11. The highest BCUT2D eigenvalue weighted by atomic mass is 35.5. The maximum absolute atomic E-state index is 12.5. The third-order valence-electron chi connectivity index (χ3n) is 2.92. The van der Waals surface area contributed by atoms with Gasteiger partial charge in [0.15, 0.2) is 0 Å². The van der Waals surface area contributed by atoms with Crippen LogP contribution in [-0.2, 0) is 16.6 Å². The van der Waals surface area contributed by atoms with Crippen LogP contribution in [0.4, 0.5) is 5.69 Å². The SMILES string of the molecule is CCn1cc(S(=O)(=O)Nc2cc(Cl)ccc2OC)c(C)n1. The minimum atomic E-state index is -3.75. The lowest BCUT2D eigenvalue weighted by atomic mass is 10.3. The van der Waals surface area contributed by atoms with Crippen LogP contribution in [0.15, 0.2) is 29.3 Å². The highest BCUT2D eigenvalue weighted by molar-refractivity contribution is 7.92. The van der Waals surface area contributed by atoms with E-state index >= 15 is 0 Å². The number of ether oxygens (including phenoxy) is 1. The van der Waals surface area contributed by atoms with Crippen molar-refractivity contribution in [1.82, 2.24) is 9.78 Å². The van der Waals surface area contributed by atoms with Crippen molar-refractivity contribution in [2.24, 2.45) is 0 Å². The molecule has 0 radical (unpaired) electrons. The van der Waals surface area contributed by atoms with Crippen molar-refractivity contribution in [3.63, 3.8) is 0 Å². The number of nitrogens with one attached hydrogen (secondary N) is 1. The zero-order valence-corrected chi connectivity index (χ0v) is 13.5. The van der Waals surface area contributed by atoms with Crippen LogP contribution in [0.5, 0.6) is 5.75 Å². The topological polar surface area (TPSA) is 73.2 Å². The number of anilines is 1. The van der Waals surface area contributed by atoms with Crippen molar-refractivity contribution in [2.45, 2.75) is 25.3 Å².